The summed E-state index contributed by atoms with van der Waals surface area (Å²) in [6, 6.07) is 4.54. The van der Waals surface area contributed by atoms with Crippen LogP contribution in [0.1, 0.15) is 31.2 Å². The molecule has 1 aromatic heterocycles. The van der Waals surface area contributed by atoms with Gasteiger partial charge in [-0.05, 0) is 25.3 Å². The second-order valence-corrected chi connectivity index (χ2v) is 4.56. The highest BCUT2D eigenvalue weighted by Gasteiger charge is 2.13. The lowest BCUT2D eigenvalue weighted by atomic mass is 10.2. The maximum Gasteiger partial charge on any atom is 0.307 e. The molecule has 4 heteroatoms. The van der Waals surface area contributed by atoms with Crippen LogP contribution in [0.5, 0.6) is 0 Å². The molecule has 0 aliphatic rings. The number of carbonyl (C=O) groups is 1. The number of rotatable bonds is 5. The first-order valence-electron chi connectivity index (χ1n) is 4.99. The van der Waals surface area contributed by atoms with Gasteiger partial charge in [-0.25, -0.2) is 0 Å². The molecule has 0 aromatic carbocycles. The molecule has 2 atom stereocenters. The first-order chi connectivity index (χ1) is 7.13. The molecule has 0 bridgehead atoms. The lowest BCUT2D eigenvalue weighted by Gasteiger charge is -2.17. The Morgan fingerprint density at radius 2 is 2.33 bits per heavy atom. The summed E-state index contributed by atoms with van der Waals surface area (Å²) in [5.74, 6) is -0.173. The third kappa shape index (κ3) is 4.01. The molecule has 0 fully saturated rings. The van der Waals surface area contributed by atoms with E-state index in [0.717, 1.165) is 0 Å². The number of hydrogen-bond donors (Lipinski definition) is 1. The van der Waals surface area contributed by atoms with E-state index in [0.29, 0.717) is 6.42 Å². The third-order valence-electron chi connectivity index (χ3n) is 2.21. The lowest BCUT2D eigenvalue weighted by molar-refractivity contribution is -0.141. The summed E-state index contributed by atoms with van der Waals surface area (Å²) >= 11 is 1.72. The number of ether oxygens (including phenoxy) is 1. The molecule has 84 valence electrons. The Bertz CT molecular complexity index is 298. The number of carbonyl (C=O) groups excluding carboxylic acids is 1. The normalized spacial score (nSPS) is 14.6. The zero-order chi connectivity index (χ0) is 11.3. The Morgan fingerprint density at radius 1 is 1.60 bits per heavy atom. The highest BCUT2D eigenvalue weighted by atomic mass is 32.1. The Labute approximate surface area is 94.5 Å². The van der Waals surface area contributed by atoms with E-state index in [4.69, 9.17) is 0 Å². The Balaban J connectivity index is 2.38. The fourth-order valence-corrected chi connectivity index (χ4v) is 2.18. The van der Waals surface area contributed by atoms with Crippen LogP contribution in [0, 0.1) is 0 Å². The smallest absolute Gasteiger partial charge is 0.307 e. The summed E-state index contributed by atoms with van der Waals surface area (Å²) in [5.41, 5.74) is 0. The van der Waals surface area contributed by atoms with Crippen LogP contribution in [0.15, 0.2) is 17.5 Å². The van der Waals surface area contributed by atoms with E-state index in [1.54, 1.807) is 11.3 Å². The van der Waals surface area contributed by atoms with Crippen molar-refractivity contribution >= 4 is 17.3 Å². The Morgan fingerprint density at radius 3 is 2.87 bits per heavy atom. The van der Waals surface area contributed by atoms with Crippen LogP contribution in [0.25, 0.3) is 0 Å². The predicted molar refractivity (Wildman–Crippen MR) is 62.0 cm³/mol. The molecule has 1 aromatic rings. The maximum absolute atomic E-state index is 11.0. The minimum absolute atomic E-state index is 0.134. The SMILES string of the molecule is COC(=O)CC(C)NC(C)c1cccs1. The minimum atomic E-state index is -0.173. The predicted octanol–water partition coefficient (Wildman–Crippen LogP) is 2.35. The van der Waals surface area contributed by atoms with Gasteiger partial charge in [-0.15, -0.1) is 11.3 Å². The average molecular weight is 227 g/mol. The van der Waals surface area contributed by atoms with Gasteiger partial charge in [-0.1, -0.05) is 6.07 Å². The van der Waals surface area contributed by atoms with Crippen molar-refractivity contribution in [2.75, 3.05) is 7.11 Å². The number of nitrogens with one attached hydrogen (secondary N) is 1. The molecule has 3 nitrogen and oxygen atoms in total. The summed E-state index contributed by atoms with van der Waals surface area (Å²) in [5, 5.41) is 5.41. The molecule has 1 rings (SSSR count). The second kappa shape index (κ2) is 5.88. The van der Waals surface area contributed by atoms with Gasteiger partial charge in [0.15, 0.2) is 0 Å². The molecule has 0 saturated heterocycles. The molecule has 0 spiro atoms. The highest BCUT2D eigenvalue weighted by Crippen LogP contribution is 2.18. The van der Waals surface area contributed by atoms with Crippen LogP contribution >= 0.6 is 11.3 Å². The van der Waals surface area contributed by atoms with E-state index < -0.39 is 0 Å². The van der Waals surface area contributed by atoms with Gasteiger partial charge in [0.2, 0.25) is 0 Å². The average Bonchev–Trinajstić information content (AvgIpc) is 2.70. The van der Waals surface area contributed by atoms with Gasteiger partial charge >= 0.3 is 5.97 Å². The van der Waals surface area contributed by atoms with Crippen molar-refractivity contribution < 1.29 is 9.53 Å². The van der Waals surface area contributed by atoms with Gasteiger partial charge < -0.3 is 10.1 Å². The van der Waals surface area contributed by atoms with Gasteiger partial charge in [-0.2, -0.15) is 0 Å². The molecule has 2 unspecified atom stereocenters. The number of methoxy groups -OCH3 is 1. The van der Waals surface area contributed by atoms with Crippen LogP contribution in [-0.2, 0) is 9.53 Å². The van der Waals surface area contributed by atoms with Crippen LogP contribution < -0.4 is 5.32 Å². The summed E-state index contributed by atoms with van der Waals surface area (Å²) in [7, 11) is 1.41. The maximum atomic E-state index is 11.0. The van der Waals surface area contributed by atoms with Crippen LogP contribution in [-0.4, -0.2) is 19.1 Å². The van der Waals surface area contributed by atoms with Crippen LogP contribution in [0.4, 0.5) is 0 Å². The van der Waals surface area contributed by atoms with E-state index in [1.807, 2.05) is 13.0 Å². The van der Waals surface area contributed by atoms with Crippen molar-refractivity contribution in [2.24, 2.45) is 0 Å². The Kier molecular flexibility index (Phi) is 4.78. The monoisotopic (exact) mass is 227 g/mol. The topological polar surface area (TPSA) is 38.3 Å². The molecule has 15 heavy (non-hydrogen) atoms. The van der Waals surface area contributed by atoms with Gasteiger partial charge in [0, 0.05) is 17.0 Å². The van der Waals surface area contributed by atoms with E-state index in [-0.39, 0.29) is 18.1 Å². The zero-order valence-corrected chi connectivity index (χ0v) is 10.1. The van der Waals surface area contributed by atoms with E-state index in [9.17, 15) is 4.79 Å². The van der Waals surface area contributed by atoms with Gasteiger partial charge in [0.05, 0.1) is 13.5 Å². The van der Waals surface area contributed by atoms with Crippen molar-refractivity contribution in [3.8, 4) is 0 Å². The molecule has 0 amide bonds. The van der Waals surface area contributed by atoms with E-state index in [1.165, 1.54) is 12.0 Å². The molecular formula is C11H17NO2S. The van der Waals surface area contributed by atoms with E-state index >= 15 is 0 Å². The molecule has 0 aliphatic carbocycles. The van der Waals surface area contributed by atoms with Crippen molar-refractivity contribution in [2.45, 2.75) is 32.4 Å². The summed E-state index contributed by atoms with van der Waals surface area (Å²) in [6.07, 6.45) is 0.409. The van der Waals surface area contributed by atoms with Gasteiger partial charge in [-0.3, -0.25) is 4.79 Å². The van der Waals surface area contributed by atoms with Crippen molar-refractivity contribution in [1.29, 1.82) is 0 Å². The molecule has 1 N–H and O–H groups in total. The quantitative estimate of drug-likeness (QED) is 0.785. The van der Waals surface area contributed by atoms with E-state index in [2.05, 4.69) is 28.4 Å². The number of hydrogen-bond acceptors (Lipinski definition) is 4. The second-order valence-electron chi connectivity index (χ2n) is 3.59. The fraction of sp³-hybridized carbons (Fsp3) is 0.545. The summed E-state index contributed by atoms with van der Waals surface area (Å²) in [6.45, 7) is 4.08. The van der Waals surface area contributed by atoms with Crippen LogP contribution in [0.2, 0.25) is 0 Å². The summed E-state index contributed by atoms with van der Waals surface area (Å²) in [4.78, 5) is 12.3. The van der Waals surface area contributed by atoms with Crippen molar-refractivity contribution in [1.82, 2.24) is 5.32 Å². The molecule has 0 aliphatic heterocycles. The van der Waals surface area contributed by atoms with Crippen molar-refractivity contribution in [3.63, 3.8) is 0 Å². The number of esters is 1. The molecule has 0 saturated carbocycles. The molecule has 1 heterocycles. The summed E-state index contributed by atoms with van der Waals surface area (Å²) < 4.78 is 4.62. The standard InChI is InChI=1S/C11H17NO2S/c1-8(7-11(13)14-3)12-9(2)10-5-4-6-15-10/h4-6,8-9,12H,7H2,1-3H3. The van der Waals surface area contributed by atoms with Crippen LogP contribution in [0.3, 0.4) is 0 Å². The zero-order valence-electron chi connectivity index (χ0n) is 9.32. The largest absolute Gasteiger partial charge is 0.469 e. The Hall–Kier alpha value is -0.870. The first kappa shape index (κ1) is 12.2. The lowest BCUT2D eigenvalue weighted by Crippen LogP contribution is -2.30. The number of thiophene rings is 1. The fourth-order valence-electron chi connectivity index (χ4n) is 1.44. The first-order valence-corrected chi connectivity index (χ1v) is 5.87. The third-order valence-corrected chi connectivity index (χ3v) is 3.26. The highest BCUT2D eigenvalue weighted by molar-refractivity contribution is 7.10. The van der Waals surface area contributed by atoms with Crippen molar-refractivity contribution in [3.05, 3.63) is 22.4 Å². The van der Waals surface area contributed by atoms with Gasteiger partial charge in [0.25, 0.3) is 0 Å². The van der Waals surface area contributed by atoms with Gasteiger partial charge in [0.1, 0.15) is 0 Å². The molecular weight excluding hydrogens is 210 g/mol. The molecule has 0 radical (unpaired) electrons. The minimum Gasteiger partial charge on any atom is -0.469 e.